The highest BCUT2D eigenvalue weighted by molar-refractivity contribution is 5.88. The van der Waals surface area contributed by atoms with Gasteiger partial charge in [-0.05, 0) is 45.3 Å². The van der Waals surface area contributed by atoms with E-state index in [0.717, 1.165) is 31.4 Å². The molecule has 0 aromatic heterocycles. The lowest BCUT2D eigenvalue weighted by Crippen LogP contribution is -2.48. The van der Waals surface area contributed by atoms with Crippen LogP contribution in [0, 0.1) is 6.92 Å². The number of nitrogens with one attached hydrogen (secondary N) is 2. The summed E-state index contributed by atoms with van der Waals surface area (Å²) in [5, 5.41) is 6.20. The van der Waals surface area contributed by atoms with E-state index in [1.807, 2.05) is 7.05 Å². The Bertz CT molecular complexity index is 456. The lowest BCUT2D eigenvalue weighted by Gasteiger charge is -2.36. The lowest BCUT2D eigenvalue weighted by molar-refractivity contribution is -0.130. The summed E-state index contributed by atoms with van der Waals surface area (Å²) in [5.41, 5.74) is 1.91. The minimum Gasteiger partial charge on any atom is -0.381 e. The molecule has 1 aliphatic heterocycles. The van der Waals surface area contributed by atoms with Crippen LogP contribution in [0.15, 0.2) is 24.3 Å². The second-order valence-corrected chi connectivity index (χ2v) is 5.77. The number of rotatable bonds is 6. The maximum absolute atomic E-state index is 12.8. The van der Waals surface area contributed by atoms with Crippen molar-refractivity contribution in [2.45, 2.75) is 31.6 Å². The molecule has 0 spiro atoms. The summed E-state index contributed by atoms with van der Waals surface area (Å²) in [5.74, 6) is 0.144. The number of aryl methyl sites for hydroxylation is 1. The molecule has 0 atom stereocenters. The molecule has 1 heterocycles. The zero-order valence-corrected chi connectivity index (χ0v) is 14.3. The van der Waals surface area contributed by atoms with E-state index in [-0.39, 0.29) is 18.3 Å². The smallest absolute Gasteiger partial charge is 0.230 e. The first-order valence-electron chi connectivity index (χ1n) is 7.77. The number of carbonyl (C=O) groups excluding carboxylic acids is 1. The Morgan fingerprint density at radius 2 is 1.82 bits per heavy atom. The minimum atomic E-state index is -0.425. The van der Waals surface area contributed by atoms with E-state index in [1.165, 1.54) is 5.56 Å². The molecular formula is C17H27ClN2O2. The second-order valence-electron chi connectivity index (χ2n) is 5.77. The predicted molar refractivity (Wildman–Crippen MR) is 91.7 cm³/mol. The normalized spacial score (nSPS) is 16.6. The van der Waals surface area contributed by atoms with Gasteiger partial charge in [0.05, 0.1) is 5.41 Å². The molecule has 0 bridgehead atoms. The molecule has 2 N–H and O–H groups in total. The van der Waals surface area contributed by atoms with Gasteiger partial charge in [0, 0.05) is 19.8 Å². The van der Waals surface area contributed by atoms with E-state index in [9.17, 15) is 4.79 Å². The molecule has 4 nitrogen and oxygen atoms in total. The van der Waals surface area contributed by atoms with Gasteiger partial charge in [-0.15, -0.1) is 12.4 Å². The lowest BCUT2D eigenvalue weighted by atomic mass is 9.73. The van der Waals surface area contributed by atoms with Crippen LogP contribution in [0.1, 0.15) is 30.4 Å². The molecule has 1 aromatic rings. The maximum atomic E-state index is 12.8. The van der Waals surface area contributed by atoms with E-state index in [1.54, 1.807) is 0 Å². The molecule has 2 rings (SSSR count). The third-order valence-corrected chi connectivity index (χ3v) is 4.27. The number of carbonyl (C=O) groups is 1. The fourth-order valence-electron chi connectivity index (χ4n) is 2.88. The zero-order chi connectivity index (χ0) is 15.1. The Kier molecular flexibility index (Phi) is 7.87. The fraction of sp³-hybridized carbons (Fsp3) is 0.588. The Morgan fingerprint density at radius 1 is 1.18 bits per heavy atom. The standard InChI is InChI=1S/C17H26N2O2.ClH/c1-14-4-6-15(7-5-14)17(8-12-21-13-9-17)16(20)19-11-3-10-18-2;/h4-7,18H,3,8-13H2,1-2H3,(H,19,20);1H. The van der Waals surface area contributed by atoms with Gasteiger partial charge in [0.2, 0.25) is 5.91 Å². The molecule has 124 valence electrons. The van der Waals surface area contributed by atoms with Crippen molar-refractivity contribution in [1.29, 1.82) is 0 Å². The van der Waals surface area contributed by atoms with Gasteiger partial charge in [0.15, 0.2) is 0 Å². The van der Waals surface area contributed by atoms with Gasteiger partial charge < -0.3 is 15.4 Å². The largest absolute Gasteiger partial charge is 0.381 e. The quantitative estimate of drug-likeness (QED) is 0.788. The summed E-state index contributed by atoms with van der Waals surface area (Å²) < 4.78 is 5.47. The number of ether oxygens (including phenoxy) is 1. The van der Waals surface area contributed by atoms with Crippen LogP contribution in [0.5, 0.6) is 0 Å². The number of halogens is 1. The Labute approximate surface area is 139 Å². The van der Waals surface area contributed by atoms with E-state index < -0.39 is 5.41 Å². The molecule has 22 heavy (non-hydrogen) atoms. The molecule has 1 amide bonds. The van der Waals surface area contributed by atoms with E-state index >= 15 is 0 Å². The monoisotopic (exact) mass is 326 g/mol. The van der Waals surface area contributed by atoms with Gasteiger partial charge in [-0.1, -0.05) is 29.8 Å². The van der Waals surface area contributed by atoms with Crippen LogP contribution >= 0.6 is 12.4 Å². The van der Waals surface area contributed by atoms with Crippen molar-refractivity contribution in [3.63, 3.8) is 0 Å². The number of hydrogen-bond acceptors (Lipinski definition) is 3. The summed E-state index contributed by atoms with van der Waals surface area (Å²) in [6, 6.07) is 8.35. The third kappa shape index (κ3) is 4.45. The van der Waals surface area contributed by atoms with Gasteiger partial charge in [-0.3, -0.25) is 4.79 Å². The highest BCUT2D eigenvalue weighted by Gasteiger charge is 2.41. The second kappa shape index (κ2) is 9.13. The number of benzene rings is 1. The molecule has 0 saturated carbocycles. The predicted octanol–water partition coefficient (Wildman–Crippen LogP) is 2.19. The van der Waals surface area contributed by atoms with Crippen LogP contribution in [0.25, 0.3) is 0 Å². The van der Waals surface area contributed by atoms with Crippen LogP contribution in [-0.4, -0.2) is 39.3 Å². The summed E-state index contributed by atoms with van der Waals surface area (Å²) in [4.78, 5) is 12.8. The van der Waals surface area contributed by atoms with Crippen molar-refractivity contribution in [3.8, 4) is 0 Å². The van der Waals surface area contributed by atoms with E-state index in [2.05, 4.69) is 41.8 Å². The molecule has 5 heteroatoms. The summed E-state index contributed by atoms with van der Waals surface area (Å²) in [6.07, 6.45) is 2.46. The fourth-order valence-corrected chi connectivity index (χ4v) is 2.88. The molecule has 1 aliphatic rings. The third-order valence-electron chi connectivity index (χ3n) is 4.27. The van der Waals surface area contributed by atoms with Crippen molar-refractivity contribution in [3.05, 3.63) is 35.4 Å². The van der Waals surface area contributed by atoms with E-state index in [0.29, 0.717) is 19.8 Å². The molecule has 1 aromatic carbocycles. The van der Waals surface area contributed by atoms with Gasteiger partial charge in [-0.25, -0.2) is 0 Å². The minimum absolute atomic E-state index is 0. The van der Waals surface area contributed by atoms with Crippen LogP contribution in [0.4, 0.5) is 0 Å². The average molecular weight is 327 g/mol. The van der Waals surface area contributed by atoms with Gasteiger partial charge in [0.1, 0.15) is 0 Å². The average Bonchev–Trinajstić information content (AvgIpc) is 2.52. The molecule has 1 fully saturated rings. The van der Waals surface area contributed by atoms with Gasteiger partial charge in [0.25, 0.3) is 0 Å². The van der Waals surface area contributed by atoms with Crippen LogP contribution in [0.3, 0.4) is 0 Å². The van der Waals surface area contributed by atoms with Gasteiger partial charge in [-0.2, -0.15) is 0 Å². The Hall–Kier alpha value is -1.10. The van der Waals surface area contributed by atoms with Crippen molar-refractivity contribution < 1.29 is 9.53 Å². The highest BCUT2D eigenvalue weighted by atomic mass is 35.5. The number of hydrogen-bond donors (Lipinski definition) is 2. The molecule has 0 aliphatic carbocycles. The van der Waals surface area contributed by atoms with Crippen molar-refractivity contribution in [2.24, 2.45) is 0 Å². The molecule has 1 saturated heterocycles. The Balaban J connectivity index is 0.00000242. The van der Waals surface area contributed by atoms with Crippen molar-refractivity contribution in [2.75, 3.05) is 33.4 Å². The topological polar surface area (TPSA) is 50.4 Å². The first-order chi connectivity index (χ1) is 10.2. The first kappa shape index (κ1) is 18.9. The SMILES string of the molecule is CNCCCNC(=O)C1(c2ccc(C)cc2)CCOCC1.Cl. The van der Waals surface area contributed by atoms with Crippen LogP contribution < -0.4 is 10.6 Å². The van der Waals surface area contributed by atoms with Crippen LogP contribution in [-0.2, 0) is 14.9 Å². The van der Waals surface area contributed by atoms with Crippen molar-refractivity contribution in [1.82, 2.24) is 10.6 Å². The van der Waals surface area contributed by atoms with E-state index in [4.69, 9.17) is 4.74 Å². The molecule has 0 radical (unpaired) electrons. The molecular weight excluding hydrogens is 300 g/mol. The van der Waals surface area contributed by atoms with Gasteiger partial charge >= 0.3 is 0 Å². The Morgan fingerprint density at radius 3 is 2.41 bits per heavy atom. The maximum Gasteiger partial charge on any atom is 0.230 e. The summed E-state index contributed by atoms with van der Waals surface area (Å²) >= 11 is 0. The summed E-state index contributed by atoms with van der Waals surface area (Å²) in [7, 11) is 1.92. The number of amides is 1. The highest BCUT2D eigenvalue weighted by Crippen LogP contribution is 2.35. The zero-order valence-electron chi connectivity index (χ0n) is 13.5. The van der Waals surface area contributed by atoms with Crippen LogP contribution in [0.2, 0.25) is 0 Å². The van der Waals surface area contributed by atoms with Crippen molar-refractivity contribution >= 4 is 18.3 Å². The first-order valence-corrected chi connectivity index (χ1v) is 7.77. The molecule has 0 unspecified atom stereocenters. The summed E-state index contributed by atoms with van der Waals surface area (Å²) in [6.45, 7) is 5.00.